The van der Waals surface area contributed by atoms with Crippen molar-refractivity contribution in [3.05, 3.63) is 75.3 Å². The number of aryl methyl sites for hydroxylation is 1. The Kier molecular flexibility index (Phi) is 4.44. The van der Waals surface area contributed by atoms with E-state index < -0.39 is 4.92 Å². The molecule has 102 valence electrons. The van der Waals surface area contributed by atoms with Gasteiger partial charge in [-0.2, -0.15) is 0 Å². The van der Waals surface area contributed by atoms with Crippen LogP contribution in [0.5, 0.6) is 0 Å². The van der Waals surface area contributed by atoms with Gasteiger partial charge >= 0.3 is 0 Å². The van der Waals surface area contributed by atoms with Crippen molar-refractivity contribution in [3.63, 3.8) is 0 Å². The molecule has 0 heterocycles. The first-order valence-electron chi connectivity index (χ1n) is 6.10. The fourth-order valence-electron chi connectivity index (χ4n) is 1.73. The summed E-state index contributed by atoms with van der Waals surface area (Å²) in [5.41, 5.74) is 2.85. The van der Waals surface area contributed by atoms with Gasteiger partial charge in [0.15, 0.2) is 0 Å². The maximum absolute atomic E-state index is 10.6. The molecule has 0 aliphatic rings. The maximum Gasteiger partial charge on any atom is 0.270 e. The number of nitro groups is 1. The van der Waals surface area contributed by atoms with Crippen molar-refractivity contribution in [1.29, 1.82) is 0 Å². The van der Waals surface area contributed by atoms with Crippen LogP contribution in [-0.2, 0) is 11.4 Å². The van der Waals surface area contributed by atoms with E-state index in [4.69, 9.17) is 4.84 Å². The van der Waals surface area contributed by atoms with Gasteiger partial charge in [0.25, 0.3) is 5.69 Å². The Bertz CT molecular complexity index is 639. The van der Waals surface area contributed by atoms with Gasteiger partial charge in [0.1, 0.15) is 6.61 Å². The second-order valence-corrected chi connectivity index (χ2v) is 4.35. The third-order valence-electron chi connectivity index (χ3n) is 2.67. The Morgan fingerprint density at radius 2 is 2.05 bits per heavy atom. The molecule has 5 nitrogen and oxygen atoms in total. The van der Waals surface area contributed by atoms with Crippen molar-refractivity contribution in [3.8, 4) is 0 Å². The molecule has 0 radical (unpaired) electrons. The SMILES string of the molecule is Cc1cccc(CON=Cc2cccc([N+](=O)[O-])c2)c1. The molecule has 0 fully saturated rings. The van der Waals surface area contributed by atoms with Crippen molar-refractivity contribution < 1.29 is 9.76 Å². The van der Waals surface area contributed by atoms with Crippen LogP contribution in [-0.4, -0.2) is 11.1 Å². The van der Waals surface area contributed by atoms with Crippen molar-refractivity contribution in [1.82, 2.24) is 0 Å². The molecule has 0 saturated carbocycles. The standard InChI is InChI=1S/C15H14N2O3/c1-12-4-2-6-14(8-12)11-20-16-10-13-5-3-7-15(9-13)17(18)19/h2-10H,11H2,1H3. The van der Waals surface area contributed by atoms with Gasteiger partial charge in [-0.15, -0.1) is 0 Å². The lowest BCUT2D eigenvalue weighted by molar-refractivity contribution is -0.384. The summed E-state index contributed by atoms with van der Waals surface area (Å²) in [5.74, 6) is 0. The number of nitro benzene ring substituents is 1. The topological polar surface area (TPSA) is 64.7 Å². The van der Waals surface area contributed by atoms with E-state index >= 15 is 0 Å². The Balaban J connectivity index is 1.93. The van der Waals surface area contributed by atoms with E-state index in [9.17, 15) is 10.1 Å². The Labute approximate surface area is 116 Å². The second kappa shape index (κ2) is 6.47. The number of oxime groups is 1. The molecule has 0 N–H and O–H groups in total. The zero-order chi connectivity index (χ0) is 14.4. The summed E-state index contributed by atoms with van der Waals surface area (Å²) in [5, 5.41) is 14.4. The second-order valence-electron chi connectivity index (χ2n) is 4.35. The first-order chi connectivity index (χ1) is 9.65. The van der Waals surface area contributed by atoms with Crippen LogP contribution in [0.15, 0.2) is 53.7 Å². The molecule has 0 unspecified atom stereocenters. The smallest absolute Gasteiger partial charge is 0.270 e. The highest BCUT2D eigenvalue weighted by Crippen LogP contribution is 2.11. The van der Waals surface area contributed by atoms with Crippen LogP contribution in [0.4, 0.5) is 5.69 Å². The van der Waals surface area contributed by atoms with E-state index in [1.807, 2.05) is 31.2 Å². The Hall–Kier alpha value is -2.69. The zero-order valence-corrected chi connectivity index (χ0v) is 11.0. The molecule has 2 aromatic carbocycles. The van der Waals surface area contributed by atoms with Crippen molar-refractivity contribution >= 4 is 11.9 Å². The van der Waals surface area contributed by atoms with Gasteiger partial charge < -0.3 is 4.84 Å². The van der Waals surface area contributed by atoms with Gasteiger partial charge in [0.05, 0.1) is 11.1 Å². The van der Waals surface area contributed by atoms with Crippen LogP contribution < -0.4 is 0 Å². The predicted molar refractivity (Wildman–Crippen MR) is 76.7 cm³/mol. The quantitative estimate of drug-likeness (QED) is 0.475. The van der Waals surface area contributed by atoms with Gasteiger partial charge in [0, 0.05) is 17.7 Å². The lowest BCUT2D eigenvalue weighted by Gasteiger charge is -2.00. The largest absolute Gasteiger partial charge is 0.391 e. The maximum atomic E-state index is 10.6. The fourth-order valence-corrected chi connectivity index (χ4v) is 1.73. The van der Waals surface area contributed by atoms with Crippen molar-refractivity contribution in [2.24, 2.45) is 5.16 Å². The molecule has 5 heteroatoms. The van der Waals surface area contributed by atoms with Crippen molar-refractivity contribution in [2.45, 2.75) is 13.5 Å². The minimum atomic E-state index is -0.440. The molecule has 0 bridgehead atoms. The number of hydrogen-bond acceptors (Lipinski definition) is 4. The summed E-state index contributed by atoms with van der Waals surface area (Å²) in [4.78, 5) is 15.4. The van der Waals surface area contributed by atoms with Gasteiger partial charge in [-0.25, -0.2) is 0 Å². The van der Waals surface area contributed by atoms with Crippen LogP contribution in [0.1, 0.15) is 16.7 Å². The molecule has 0 saturated heterocycles. The highest BCUT2D eigenvalue weighted by molar-refractivity contribution is 5.80. The average Bonchev–Trinajstić information content (AvgIpc) is 2.44. The highest BCUT2D eigenvalue weighted by Gasteiger charge is 2.03. The highest BCUT2D eigenvalue weighted by atomic mass is 16.6. The van der Waals surface area contributed by atoms with E-state index in [0.717, 1.165) is 11.1 Å². The van der Waals surface area contributed by atoms with Gasteiger partial charge in [-0.1, -0.05) is 47.1 Å². The van der Waals surface area contributed by atoms with Crippen LogP contribution in [0.3, 0.4) is 0 Å². The molecule has 0 aliphatic heterocycles. The van der Waals surface area contributed by atoms with Crippen LogP contribution in [0.2, 0.25) is 0 Å². The van der Waals surface area contributed by atoms with Crippen LogP contribution >= 0.6 is 0 Å². The number of hydrogen-bond donors (Lipinski definition) is 0. The lowest BCUT2D eigenvalue weighted by atomic mass is 10.1. The van der Waals surface area contributed by atoms with Crippen LogP contribution in [0.25, 0.3) is 0 Å². The molecular formula is C15H14N2O3. The summed E-state index contributed by atoms with van der Waals surface area (Å²) in [6.45, 7) is 2.38. The molecular weight excluding hydrogens is 256 g/mol. The third kappa shape index (κ3) is 3.91. The van der Waals surface area contributed by atoms with E-state index in [2.05, 4.69) is 5.16 Å². The summed E-state index contributed by atoms with van der Waals surface area (Å²) >= 11 is 0. The minimum absolute atomic E-state index is 0.0348. The molecule has 0 atom stereocenters. The number of nitrogens with zero attached hydrogens (tertiary/aromatic N) is 2. The average molecular weight is 270 g/mol. The molecule has 0 aliphatic carbocycles. The summed E-state index contributed by atoms with van der Waals surface area (Å²) < 4.78 is 0. The summed E-state index contributed by atoms with van der Waals surface area (Å²) in [6.07, 6.45) is 1.46. The third-order valence-corrected chi connectivity index (χ3v) is 2.67. The van der Waals surface area contributed by atoms with Gasteiger partial charge in [-0.05, 0) is 12.5 Å². The number of non-ortho nitro benzene ring substituents is 1. The Morgan fingerprint density at radius 1 is 1.25 bits per heavy atom. The van der Waals surface area contributed by atoms with E-state index in [1.54, 1.807) is 12.1 Å². The minimum Gasteiger partial charge on any atom is -0.391 e. The zero-order valence-electron chi connectivity index (χ0n) is 11.0. The lowest BCUT2D eigenvalue weighted by Crippen LogP contribution is -1.91. The number of benzene rings is 2. The van der Waals surface area contributed by atoms with E-state index in [0.29, 0.717) is 12.2 Å². The van der Waals surface area contributed by atoms with Gasteiger partial charge in [0.2, 0.25) is 0 Å². The monoisotopic (exact) mass is 270 g/mol. The van der Waals surface area contributed by atoms with Crippen molar-refractivity contribution in [2.75, 3.05) is 0 Å². The predicted octanol–water partition coefficient (Wildman–Crippen LogP) is 3.45. The van der Waals surface area contributed by atoms with Gasteiger partial charge in [-0.3, -0.25) is 10.1 Å². The summed E-state index contributed by atoms with van der Waals surface area (Å²) in [6, 6.07) is 14.2. The van der Waals surface area contributed by atoms with Crippen LogP contribution in [0, 0.1) is 17.0 Å². The molecule has 0 aromatic heterocycles. The summed E-state index contributed by atoms with van der Waals surface area (Å²) in [7, 11) is 0. The number of rotatable bonds is 5. The molecule has 0 spiro atoms. The van der Waals surface area contributed by atoms with E-state index in [1.165, 1.54) is 18.3 Å². The normalized spacial score (nSPS) is 10.7. The first-order valence-corrected chi connectivity index (χ1v) is 6.10. The fraction of sp³-hybridized carbons (Fsp3) is 0.133. The first kappa shape index (κ1) is 13.7. The molecule has 0 amide bonds. The van der Waals surface area contributed by atoms with E-state index in [-0.39, 0.29) is 5.69 Å². The molecule has 2 rings (SSSR count). The molecule has 2 aromatic rings. The molecule has 20 heavy (non-hydrogen) atoms. The Morgan fingerprint density at radius 3 is 2.80 bits per heavy atom.